The summed E-state index contributed by atoms with van der Waals surface area (Å²) in [5, 5.41) is 3.47. The molecule has 0 atom stereocenters. The van der Waals surface area contributed by atoms with Crippen LogP contribution >= 0.6 is 0 Å². The molecule has 0 radical (unpaired) electrons. The van der Waals surface area contributed by atoms with E-state index in [2.05, 4.69) is 20.9 Å². The van der Waals surface area contributed by atoms with Crippen LogP contribution in [0.25, 0.3) is 5.69 Å². The first kappa shape index (κ1) is 12.1. The summed E-state index contributed by atoms with van der Waals surface area (Å²) in [6, 6.07) is 8.65. The van der Waals surface area contributed by atoms with Gasteiger partial charge in [0, 0.05) is 12.2 Å². The number of nitrogens with one attached hydrogen (secondary N) is 1. The fraction of sp³-hybridized carbons (Fsp3) is 0.400. The first-order valence-electron chi connectivity index (χ1n) is 6.82. The summed E-state index contributed by atoms with van der Waals surface area (Å²) in [6.07, 6.45) is 4.51. The number of hydrogen-bond donors (Lipinski definition) is 1. The zero-order valence-corrected chi connectivity index (χ0v) is 11.4. The lowest BCUT2D eigenvalue weighted by atomic mass is 10.3. The van der Waals surface area contributed by atoms with Crippen LogP contribution < -0.4 is 10.1 Å². The molecule has 1 aromatic heterocycles. The van der Waals surface area contributed by atoms with Gasteiger partial charge in [0.15, 0.2) is 0 Å². The average molecular weight is 257 g/mol. The van der Waals surface area contributed by atoms with Gasteiger partial charge in [-0.05, 0) is 38.8 Å². The Morgan fingerprint density at radius 1 is 1.37 bits per heavy atom. The monoisotopic (exact) mass is 257 g/mol. The van der Waals surface area contributed by atoms with Crippen LogP contribution in [-0.2, 0) is 0 Å². The molecule has 3 rings (SSSR count). The van der Waals surface area contributed by atoms with E-state index >= 15 is 0 Å². The maximum atomic E-state index is 5.70. The van der Waals surface area contributed by atoms with Crippen molar-refractivity contribution in [3.63, 3.8) is 0 Å². The Hall–Kier alpha value is -1.97. The zero-order chi connectivity index (χ0) is 13.2. The van der Waals surface area contributed by atoms with Gasteiger partial charge in [-0.15, -0.1) is 0 Å². The van der Waals surface area contributed by atoms with Gasteiger partial charge in [0.25, 0.3) is 0 Å². The smallest absolute Gasteiger partial charge is 0.208 e. The molecule has 0 saturated heterocycles. The lowest BCUT2D eigenvalue weighted by Gasteiger charge is -2.13. The SMILES string of the molecule is CCOc1ccccc1-n1cc(C)nc1NC1CC1. The van der Waals surface area contributed by atoms with E-state index in [0.717, 1.165) is 23.1 Å². The lowest BCUT2D eigenvalue weighted by molar-refractivity contribution is 0.339. The van der Waals surface area contributed by atoms with Gasteiger partial charge < -0.3 is 10.1 Å². The average Bonchev–Trinajstić information content (AvgIpc) is 3.13. The molecule has 0 aliphatic heterocycles. The van der Waals surface area contributed by atoms with Crippen LogP contribution in [-0.4, -0.2) is 22.2 Å². The van der Waals surface area contributed by atoms with E-state index in [9.17, 15) is 0 Å². The van der Waals surface area contributed by atoms with Gasteiger partial charge in [0.2, 0.25) is 5.95 Å². The first-order chi connectivity index (χ1) is 9.28. The van der Waals surface area contributed by atoms with Crippen molar-refractivity contribution >= 4 is 5.95 Å². The standard InChI is InChI=1S/C15H19N3O/c1-3-19-14-7-5-4-6-13(14)18-10-11(2)16-15(18)17-12-8-9-12/h4-7,10,12H,3,8-9H2,1-2H3,(H,16,17). The Balaban J connectivity index is 2.00. The Kier molecular flexibility index (Phi) is 3.15. The maximum absolute atomic E-state index is 5.70. The molecule has 19 heavy (non-hydrogen) atoms. The second-order valence-corrected chi connectivity index (χ2v) is 4.90. The topological polar surface area (TPSA) is 39.1 Å². The van der Waals surface area contributed by atoms with Crippen molar-refractivity contribution in [3.8, 4) is 11.4 Å². The molecule has 0 spiro atoms. The number of benzene rings is 1. The summed E-state index contributed by atoms with van der Waals surface area (Å²) in [7, 11) is 0. The number of para-hydroxylation sites is 2. The quantitative estimate of drug-likeness (QED) is 0.894. The third-order valence-electron chi connectivity index (χ3n) is 3.16. The second kappa shape index (κ2) is 4.96. The minimum atomic E-state index is 0.583. The molecule has 4 nitrogen and oxygen atoms in total. The van der Waals surface area contributed by atoms with E-state index in [1.165, 1.54) is 12.8 Å². The number of hydrogen-bond acceptors (Lipinski definition) is 3. The van der Waals surface area contributed by atoms with Crippen molar-refractivity contribution in [2.45, 2.75) is 32.7 Å². The van der Waals surface area contributed by atoms with Crippen LogP contribution in [0.2, 0.25) is 0 Å². The Morgan fingerprint density at radius 2 is 2.16 bits per heavy atom. The Bertz CT molecular complexity index is 573. The molecule has 1 fully saturated rings. The van der Waals surface area contributed by atoms with E-state index in [1.54, 1.807) is 0 Å². The van der Waals surface area contributed by atoms with E-state index in [4.69, 9.17) is 4.74 Å². The van der Waals surface area contributed by atoms with Crippen LogP contribution in [0, 0.1) is 6.92 Å². The summed E-state index contributed by atoms with van der Waals surface area (Å²) in [6.45, 7) is 4.67. The summed E-state index contributed by atoms with van der Waals surface area (Å²) in [5.41, 5.74) is 2.04. The summed E-state index contributed by atoms with van der Waals surface area (Å²) in [4.78, 5) is 4.56. The van der Waals surface area contributed by atoms with Crippen LogP contribution in [0.1, 0.15) is 25.5 Å². The highest BCUT2D eigenvalue weighted by Crippen LogP contribution is 2.29. The predicted octanol–water partition coefficient (Wildman–Crippen LogP) is 3.15. The van der Waals surface area contributed by atoms with Crippen LogP contribution in [0.15, 0.2) is 30.5 Å². The molecule has 1 saturated carbocycles. The van der Waals surface area contributed by atoms with Crippen molar-refractivity contribution in [1.82, 2.24) is 9.55 Å². The minimum Gasteiger partial charge on any atom is -0.492 e. The Morgan fingerprint density at radius 3 is 2.89 bits per heavy atom. The van der Waals surface area contributed by atoms with Crippen LogP contribution in [0.5, 0.6) is 5.75 Å². The highest BCUT2D eigenvalue weighted by atomic mass is 16.5. The number of anilines is 1. The maximum Gasteiger partial charge on any atom is 0.208 e. The number of imidazole rings is 1. The summed E-state index contributed by atoms with van der Waals surface area (Å²) >= 11 is 0. The van der Waals surface area contributed by atoms with Crippen LogP contribution in [0.4, 0.5) is 5.95 Å². The molecular weight excluding hydrogens is 238 g/mol. The van der Waals surface area contributed by atoms with Crippen LogP contribution in [0.3, 0.4) is 0 Å². The van der Waals surface area contributed by atoms with Crippen molar-refractivity contribution in [2.75, 3.05) is 11.9 Å². The van der Waals surface area contributed by atoms with Gasteiger partial charge in [0.1, 0.15) is 5.75 Å². The van der Waals surface area contributed by atoms with Gasteiger partial charge in [-0.2, -0.15) is 0 Å². The molecule has 1 N–H and O–H groups in total. The van der Waals surface area contributed by atoms with Gasteiger partial charge in [-0.25, -0.2) is 4.98 Å². The molecule has 0 bridgehead atoms. The third kappa shape index (κ3) is 2.57. The molecule has 1 aromatic carbocycles. The molecular formula is C15H19N3O. The van der Waals surface area contributed by atoms with E-state index in [-0.39, 0.29) is 0 Å². The minimum absolute atomic E-state index is 0.583. The van der Waals surface area contributed by atoms with Gasteiger partial charge in [-0.1, -0.05) is 12.1 Å². The van der Waals surface area contributed by atoms with Crippen molar-refractivity contribution in [1.29, 1.82) is 0 Å². The number of ether oxygens (including phenoxy) is 1. The molecule has 1 aliphatic carbocycles. The van der Waals surface area contributed by atoms with Gasteiger partial charge in [0.05, 0.1) is 18.0 Å². The highest BCUT2D eigenvalue weighted by Gasteiger charge is 2.23. The van der Waals surface area contributed by atoms with E-state index in [0.29, 0.717) is 12.6 Å². The lowest BCUT2D eigenvalue weighted by Crippen LogP contribution is -2.08. The zero-order valence-electron chi connectivity index (χ0n) is 11.4. The molecule has 0 amide bonds. The molecule has 1 aliphatic rings. The Labute approximate surface area is 113 Å². The van der Waals surface area contributed by atoms with Crippen molar-refractivity contribution < 1.29 is 4.74 Å². The van der Waals surface area contributed by atoms with Crippen molar-refractivity contribution in [2.24, 2.45) is 0 Å². The summed E-state index contributed by atoms with van der Waals surface area (Å²) in [5.74, 6) is 1.80. The number of rotatable bonds is 5. The number of aryl methyl sites for hydroxylation is 1. The summed E-state index contributed by atoms with van der Waals surface area (Å²) < 4.78 is 7.78. The fourth-order valence-corrected chi connectivity index (χ4v) is 2.13. The molecule has 0 unspecified atom stereocenters. The largest absolute Gasteiger partial charge is 0.492 e. The fourth-order valence-electron chi connectivity index (χ4n) is 2.13. The normalized spacial score (nSPS) is 14.4. The van der Waals surface area contributed by atoms with Crippen molar-refractivity contribution in [3.05, 3.63) is 36.2 Å². The molecule has 1 heterocycles. The first-order valence-corrected chi connectivity index (χ1v) is 6.82. The van der Waals surface area contributed by atoms with E-state index in [1.807, 2.05) is 38.2 Å². The van der Waals surface area contributed by atoms with Gasteiger partial charge >= 0.3 is 0 Å². The third-order valence-corrected chi connectivity index (χ3v) is 3.16. The second-order valence-electron chi connectivity index (χ2n) is 4.90. The molecule has 100 valence electrons. The van der Waals surface area contributed by atoms with Gasteiger partial charge in [-0.3, -0.25) is 4.57 Å². The van der Waals surface area contributed by atoms with E-state index < -0.39 is 0 Å². The predicted molar refractivity (Wildman–Crippen MR) is 76.1 cm³/mol. The number of nitrogens with zero attached hydrogens (tertiary/aromatic N) is 2. The number of aromatic nitrogens is 2. The molecule has 4 heteroatoms. The molecule has 2 aromatic rings. The highest BCUT2D eigenvalue weighted by molar-refractivity contribution is 5.52.